The van der Waals surface area contributed by atoms with E-state index in [2.05, 4.69) is 93.7 Å². The van der Waals surface area contributed by atoms with Gasteiger partial charge in [0.1, 0.15) is 13.2 Å². The monoisotopic (exact) mass is 1140 g/mol. The van der Waals surface area contributed by atoms with Crippen molar-refractivity contribution in [3.63, 3.8) is 0 Å². The molecule has 474 valence electrons. The third kappa shape index (κ3) is 67.4. The van der Waals surface area contributed by atoms with Crippen molar-refractivity contribution < 1.29 is 28.6 Å². The maximum Gasteiger partial charge on any atom is 0.310 e. The second-order valence-electron chi connectivity index (χ2n) is 23.8. The Kier molecular flexibility index (Phi) is 67.2. The third-order valence-corrected chi connectivity index (χ3v) is 15.7. The molecule has 0 rings (SSSR count). The van der Waals surface area contributed by atoms with Gasteiger partial charge in [0.2, 0.25) is 0 Å². The summed E-state index contributed by atoms with van der Waals surface area (Å²) in [6.45, 7) is 6.48. The predicted molar refractivity (Wildman–Crippen MR) is 358 cm³/mol. The number of esters is 3. The van der Waals surface area contributed by atoms with Crippen LogP contribution in [0, 0.1) is 0 Å². The fourth-order valence-corrected chi connectivity index (χ4v) is 10.4. The summed E-state index contributed by atoms with van der Waals surface area (Å²) in [5.74, 6) is -1.02. The highest BCUT2D eigenvalue weighted by Gasteiger charge is 2.19. The SMILES string of the molecule is CC/C=C\C/C=C\C/C=C\C/C=C\C/C=C\CC(=O)OC(COC(=O)CCCCCCCCCCCCCCCC)COC(=O)CCCCCCCCCCCCCCCCCCCCCCCCC/C=C\C/C=C\CCCCCCC. The molecule has 0 spiro atoms. The number of unbranched alkanes of at least 4 members (excludes halogenated alkanes) is 41. The van der Waals surface area contributed by atoms with Crippen LogP contribution in [0.4, 0.5) is 0 Å². The molecule has 6 heteroatoms. The molecule has 6 nitrogen and oxygen atoms in total. The van der Waals surface area contributed by atoms with Crippen LogP contribution in [0.3, 0.4) is 0 Å². The number of carbonyl (C=O) groups excluding carboxylic acids is 3. The molecule has 0 bridgehead atoms. The van der Waals surface area contributed by atoms with E-state index in [9.17, 15) is 14.4 Å². The van der Waals surface area contributed by atoms with Gasteiger partial charge in [-0.05, 0) is 77.0 Å². The smallest absolute Gasteiger partial charge is 0.310 e. The summed E-state index contributed by atoms with van der Waals surface area (Å²) in [5.41, 5.74) is 0. The minimum atomic E-state index is -0.828. The molecule has 0 aliphatic carbocycles. The summed E-state index contributed by atoms with van der Waals surface area (Å²) in [7, 11) is 0. The predicted octanol–water partition coefficient (Wildman–Crippen LogP) is 24.6. The highest BCUT2D eigenvalue weighted by atomic mass is 16.6. The standard InChI is InChI=1S/C76H134O6/c1-4-7-10-13-16-19-22-25-28-29-30-31-32-33-34-35-36-37-38-39-40-41-42-43-44-45-46-47-49-51-54-57-60-63-66-69-75(78)81-72-73(71-80-74(77)68-65-62-59-56-53-50-27-24-21-18-15-12-9-6-3)82-76(79)70-67-64-61-58-55-52-48-26-23-20-17-14-11-8-5-2/h8,11,17,20,22,25-26,29-30,48,55,58,64,67,73H,4-7,9-10,12-16,18-19,21,23-24,27-28,31-47,49-54,56-57,59-63,65-66,68-72H2,1-3H3/b11-8-,20-17-,25-22-,30-29-,48-26-,58-55-,67-64-. The fraction of sp³-hybridized carbons (Fsp3) is 0.776. The quantitative estimate of drug-likeness (QED) is 0.0261. The molecule has 0 aliphatic heterocycles. The zero-order valence-electron chi connectivity index (χ0n) is 54.5. The van der Waals surface area contributed by atoms with Gasteiger partial charge in [0.25, 0.3) is 0 Å². The van der Waals surface area contributed by atoms with E-state index in [1.54, 1.807) is 6.08 Å². The van der Waals surface area contributed by atoms with E-state index >= 15 is 0 Å². The Balaban J connectivity index is 4.13. The van der Waals surface area contributed by atoms with Crippen LogP contribution in [-0.2, 0) is 28.6 Å². The molecule has 0 heterocycles. The van der Waals surface area contributed by atoms with Crippen LogP contribution < -0.4 is 0 Å². The number of hydrogen-bond acceptors (Lipinski definition) is 6. The van der Waals surface area contributed by atoms with Crippen molar-refractivity contribution in [2.24, 2.45) is 0 Å². The summed E-state index contributed by atoms with van der Waals surface area (Å²) in [6.07, 6.45) is 93.8. The summed E-state index contributed by atoms with van der Waals surface area (Å²) in [4.78, 5) is 38.3. The first-order chi connectivity index (χ1) is 40.5. The maximum absolute atomic E-state index is 12.8. The molecule has 1 atom stereocenters. The third-order valence-electron chi connectivity index (χ3n) is 15.7. The Hall–Kier alpha value is -3.41. The van der Waals surface area contributed by atoms with Crippen molar-refractivity contribution in [2.45, 2.75) is 367 Å². The van der Waals surface area contributed by atoms with Crippen LogP contribution in [0.2, 0.25) is 0 Å². The van der Waals surface area contributed by atoms with Crippen molar-refractivity contribution in [3.05, 3.63) is 85.1 Å². The Morgan fingerprint density at radius 3 is 0.805 bits per heavy atom. The summed E-state index contributed by atoms with van der Waals surface area (Å²) >= 11 is 0. The van der Waals surface area contributed by atoms with Gasteiger partial charge in [-0.25, -0.2) is 0 Å². The summed E-state index contributed by atoms with van der Waals surface area (Å²) < 4.78 is 16.8. The van der Waals surface area contributed by atoms with Gasteiger partial charge < -0.3 is 14.2 Å². The maximum atomic E-state index is 12.8. The van der Waals surface area contributed by atoms with Crippen molar-refractivity contribution in [1.82, 2.24) is 0 Å². The molecule has 0 fully saturated rings. The molecule has 0 amide bonds. The van der Waals surface area contributed by atoms with Crippen LogP contribution in [-0.4, -0.2) is 37.2 Å². The first-order valence-electron chi connectivity index (χ1n) is 35.6. The zero-order chi connectivity index (χ0) is 59.2. The molecule has 0 saturated heterocycles. The largest absolute Gasteiger partial charge is 0.462 e. The second-order valence-corrected chi connectivity index (χ2v) is 23.8. The lowest BCUT2D eigenvalue weighted by molar-refractivity contribution is -0.166. The van der Waals surface area contributed by atoms with E-state index < -0.39 is 12.1 Å². The lowest BCUT2D eigenvalue weighted by atomic mass is 10.0. The molecule has 0 aromatic carbocycles. The Bertz CT molecular complexity index is 1550. The number of rotatable bonds is 65. The lowest BCUT2D eigenvalue weighted by Gasteiger charge is -2.18. The van der Waals surface area contributed by atoms with Gasteiger partial charge in [-0.3, -0.25) is 14.4 Å². The van der Waals surface area contributed by atoms with Crippen molar-refractivity contribution in [1.29, 1.82) is 0 Å². The molecule has 0 radical (unpaired) electrons. The molecule has 0 aromatic heterocycles. The first-order valence-corrected chi connectivity index (χ1v) is 35.6. The van der Waals surface area contributed by atoms with Gasteiger partial charge in [0.15, 0.2) is 6.10 Å². The molecular formula is C76H134O6. The molecule has 82 heavy (non-hydrogen) atoms. The van der Waals surface area contributed by atoms with Crippen LogP contribution >= 0.6 is 0 Å². The highest BCUT2D eigenvalue weighted by Crippen LogP contribution is 2.18. The molecule has 1 unspecified atom stereocenters. The van der Waals surface area contributed by atoms with Crippen LogP contribution in [0.15, 0.2) is 85.1 Å². The number of ether oxygens (including phenoxy) is 3. The first kappa shape index (κ1) is 78.6. The summed E-state index contributed by atoms with van der Waals surface area (Å²) in [5, 5.41) is 0. The van der Waals surface area contributed by atoms with Crippen LogP contribution in [0.1, 0.15) is 361 Å². The highest BCUT2D eigenvalue weighted by molar-refractivity contribution is 5.72. The normalized spacial score (nSPS) is 12.6. The minimum Gasteiger partial charge on any atom is -0.462 e. The van der Waals surface area contributed by atoms with Crippen LogP contribution in [0.5, 0.6) is 0 Å². The van der Waals surface area contributed by atoms with Gasteiger partial charge in [-0.15, -0.1) is 0 Å². The number of allylic oxidation sites excluding steroid dienone is 13. The topological polar surface area (TPSA) is 78.9 Å². The zero-order valence-corrected chi connectivity index (χ0v) is 54.5. The number of carbonyl (C=O) groups is 3. The fourth-order valence-electron chi connectivity index (χ4n) is 10.4. The van der Waals surface area contributed by atoms with Crippen molar-refractivity contribution >= 4 is 17.9 Å². The van der Waals surface area contributed by atoms with Gasteiger partial charge in [-0.2, -0.15) is 0 Å². The summed E-state index contributed by atoms with van der Waals surface area (Å²) in [6, 6.07) is 0. The minimum absolute atomic E-state index is 0.100. The van der Waals surface area contributed by atoms with Gasteiger partial charge >= 0.3 is 17.9 Å². The molecule has 0 N–H and O–H groups in total. The van der Waals surface area contributed by atoms with Crippen molar-refractivity contribution in [2.75, 3.05) is 13.2 Å². The molecule has 0 saturated carbocycles. The van der Waals surface area contributed by atoms with Gasteiger partial charge in [-0.1, -0.05) is 350 Å². The Labute approximate surface area is 509 Å². The van der Waals surface area contributed by atoms with Crippen molar-refractivity contribution in [3.8, 4) is 0 Å². The van der Waals surface area contributed by atoms with Gasteiger partial charge in [0.05, 0.1) is 6.42 Å². The van der Waals surface area contributed by atoms with E-state index in [-0.39, 0.29) is 31.6 Å². The number of hydrogen-bond donors (Lipinski definition) is 0. The molecule has 0 aliphatic rings. The van der Waals surface area contributed by atoms with E-state index in [0.717, 1.165) is 77.0 Å². The van der Waals surface area contributed by atoms with E-state index in [4.69, 9.17) is 14.2 Å². The van der Waals surface area contributed by atoms with Crippen LogP contribution in [0.25, 0.3) is 0 Å². The molecule has 0 aromatic rings. The average Bonchev–Trinajstić information content (AvgIpc) is 3.47. The lowest BCUT2D eigenvalue weighted by Crippen LogP contribution is -2.30. The molecular weight excluding hydrogens is 1010 g/mol. The average molecular weight is 1140 g/mol. The second kappa shape index (κ2) is 70.1. The van der Waals surface area contributed by atoms with E-state index in [1.165, 1.54) is 244 Å². The Morgan fingerprint density at radius 1 is 0.268 bits per heavy atom. The van der Waals surface area contributed by atoms with E-state index in [1.807, 2.05) is 6.08 Å². The van der Waals surface area contributed by atoms with E-state index in [0.29, 0.717) is 12.8 Å². The van der Waals surface area contributed by atoms with Gasteiger partial charge in [0, 0.05) is 12.8 Å². The Morgan fingerprint density at radius 2 is 0.512 bits per heavy atom.